The Hall–Kier alpha value is -0.250. The highest BCUT2D eigenvalue weighted by Crippen LogP contribution is 2.16. The van der Waals surface area contributed by atoms with Gasteiger partial charge in [-0.2, -0.15) is 0 Å². The fraction of sp³-hybridized carbons (Fsp3) is 0.125. The molecule has 0 aliphatic carbocycles. The fourth-order valence-corrected chi connectivity index (χ4v) is 1.66. The molecule has 64 valence electrons. The summed E-state index contributed by atoms with van der Waals surface area (Å²) in [5, 5.41) is 0.746. The van der Waals surface area contributed by atoms with Gasteiger partial charge in [-0.25, -0.2) is 0 Å². The van der Waals surface area contributed by atoms with Crippen molar-refractivity contribution in [1.82, 2.24) is 0 Å². The van der Waals surface area contributed by atoms with Crippen LogP contribution in [0.1, 0.15) is 5.56 Å². The molecule has 1 rings (SSSR count). The molecule has 0 heterocycles. The molecule has 12 heavy (non-hydrogen) atoms. The number of rotatable bonds is 2. The molecule has 0 radical (unpaired) electrons. The smallest absolute Gasteiger partial charge is 0.131 e. The van der Waals surface area contributed by atoms with E-state index in [2.05, 4.69) is 0 Å². The van der Waals surface area contributed by atoms with Crippen LogP contribution in [-0.4, -0.2) is 4.32 Å². The van der Waals surface area contributed by atoms with Crippen LogP contribution in [0.25, 0.3) is 0 Å². The van der Waals surface area contributed by atoms with Crippen LogP contribution in [-0.2, 0) is 5.75 Å². The highest BCUT2D eigenvalue weighted by molar-refractivity contribution is 8.22. The maximum Gasteiger partial charge on any atom is 0.131 e. The van der Waals surface area contributed by atoms with Gasteiger partial charge in [0.1, 0.15) is 4.32 Å². The predicted molar refractivity (Wildman–Crippen MR) is 59.5 cm³/mol. The molecule has 2 N–H and O–H groups in total. The molecule has 0 aliphatic rings. The first-order valence-corrected chi connectivity index (χ1v) is 5.12. The number of thioether (sulfide) groups is 1. The molecule has 0 aromatic heterocycles. The quantitative estimate of drug-likeness (QED) is 0.772. The number of hydrogen-bond acceptors (Lipinski definition) is 2. The Morgan fingerprint density at radius 1 is 1.58 bits per heavy atom. The lowest BCUT2D eigenvalue weighted by atomic mass is 10.2. The van der Waals surface area contributed by atoms with Gasteiger partial charge in [0.05, 0.1) is 0 Å². The molecule has 0 amide bonds. The van der Waals surface area contributed by atoms with Crippen molar-refractivity contribution in [2.75, 3.05) is 0 Å². The Kier molecular flexibility index (Phi) is 3.85. The van der Waals surface area contributed by atoms with E-state index >= 15 is 0 Å². The summed E-state index contributed by atoms with van der Waals surface area (Å²) in [4.78, 5) is 0. The predicted octanol–water partition coefficient (Wildman–Crippen LogP) is 2.82. The molecule has 0 atom stereocenters. The minimum absolute atomic E-state index is 0.468. The van der Waals surface area contributed by atoms with Crippen LogP contribution < -0.4 is 5.73 Å². The summed E-state index contributed by atoms with van der Waals surface area (Å²) in [5.41, 5.74) is 6.48. The van der Waals surface area contributed by atoms with Crippen molar-refractivity contribution in [3.05, 3.63) is 34.9 Å². The van der Waals surface area contributed by atoms with E-state index in [1.54, 1.807) is 0 Å². The summed E-state index contributed by atoms with van der Waals surface area (Å²) in [6.45, 7) is 0. The van der Waals surface area contributed by atoms with Gasteiger partial charge < -0.3 is 5.73 Å². The molecule has 0 saturated carbocycles. The van der Waals surface area contributed by atoms with Gasteiger partial charge in [0, 0.05) is 10.8 Å². The van der Waals surface area contributed by atoms with Crippen molar-refractivity contribution in [1.29, 1.82) is 0 Å². The van der Waals surface area contributed by atoms with Crippen LogP contribution in [0.15, 0.2) is 24.3 Å². The zero-order valence-corrected chi connectivity index (χ0v) is 8.68. The molecule has 0 spiro atoms. The average Bonchev–Trinajstić information content (AvgIpc) is 2.01. The third-order valence-electron chi connectivity index (χ3n) is 1.27. The number of benzene rings is 1. The highest BCUT2D eigenvalue weighted by atomic mass is 35.5. The minimum atomic E-state index is 0.468. The van der Waals surface area contributed by atoms with E-state index in [4.69, 9.17) is 29.6 Å². The van der Waals surface area contributed by atoms with Crippen molar-refractivity contribution >= 4 is 39.9 Å². The number of halogens is 1. The second-order valence-electron chi connectivity index (χ2n) is 2.24. The zero-order valence-electron chi connectivity index (χ0n) is 6.29. The number of hydrogen-bond donors (Lipinski definition) is 1. The summed E-state index contributed by atoms with van der Waals surface area (Å²) < 4.78 is 0.468. The highest BCUT2D eigenvalue weighted by Gasteiger charge is 1.95. The molecular formula is C8H8ClNS2. The van der Waals surface area contributed by atoms with Crippen LogP contribution >= 0.6 is 35.6 Å². The first-order valence-electron chi connectivity index (χ1n) is 3.35. The van der Waals surface area contributed by atoms with E-state index in [1.807, 2.05) is 24.3 Å². The van der Waals surface area contributed by atoms with Crippen molar-refractivity contribution in [3.63, 3.8) is 0 Å². The maximum atomic E-state index is 5.79. The Bertz CT molecular complexity index is 288. The van der Waals surface area contributed by atoms with Crippen LogP contribution in [0.4, 0.5) is 0 Å². The Balaban J connectivity index is 2.57. The van der Waals surface area contributed by atoms with Gasteiger partial charge in [-0.05, 0) is 17.7 Å². The van der Waals surface area contributed by atoms with E-state index in [1.165, 1.54) is 11.8 Å². The van der Waals surface area contributed by atoms with Gasteiger partial charge in [0.25, 0.3) is 0 Å². The normalized spacial score (nSPS) is 9.75. The lowest BCUT2D eigenvalue weighted by Crippen LogP contribution is -2.01. The topological polar surface area (TPSA) is 26.0 Å². The van der Waals surface area contributed by atoms with E-state index in [0.29, 0.717) is 4.32 Å². The van der Waals surface area contributed by atoms with E-state index in [9.17, 15) is 0 Å². The van der Waals surface area contributed by atoms with Gasteiger partial charge >= 0.3 is 0 Å². The molecular weight excluding hydrogens is 210 g/mol. The number of nitrogens with two attached hydrogens (primary N) is 1. The molecule has 1 aromatic carbocycles. The van der Waals surface area contributed by atoms with Crippen LogP contribution in [0.5, 0.6) is 0 Å². The Labute approximate surface area is 86.3 Å². The number of thiocarbonyl (C=S) groups is 1. The fourth-order valence-electron chi connectivity index (χ4n) is 0.781. The lowest BCUT2D eigenvalue weighted by Gasteiger charge is -1.99. The summed E-state index contributed by atoms with van der Waals surface area (Å²) in [7, 11) is 0. The van der Waals surface area contributed by atoms with E-state index in [0.717, 1.165) is 16.3 Å². The van der Waals surface area contributed by atoms with Crippen molar-refractivity contribution in [2.45, 2.75) is 5.75 Å². The van der Waals surface area contributed by atoms with Crippen molar-refractivity contribution < 1.29 is 0 Å². The van der Waals surface area contributed by atoms with Crippen LogP contribution in [0.3, 0.4) is 0 Å². The SMILES string of the molecule is NC(=S)SCc1cccc(Cl)c1. The largest absolute Gasteiger partial charge is 0.385 e. The lowest BCUT2D eigenvalue weighted by molar-refractivity contribution is 1.42. The molecule has 0 saturated heterocycles. The second kappa shape index (κ2) is 4.70. The summed E-state index contributed by atoms with van der Waals surface area (Å²) >= 11 is 12.0. The molecule has 1 nitrogen and oxygen atoms in total. The third-order valence-corrected chi connectivity index (χ3v) is 2.62. The molecule has 1 aromatic rings. The second-order valence-corrected chi connectivity index (χ2v) is 4.39. The van der Waals surface area contributed by atoms with Crippen molar-refractivity contribution in [2.24, 2.45) is 5.73 Å². The summed E-state index contributed by atoms with van der Waals surface area (Å²) in [5.74, 6) is 0.788. The van der Waals surface area contributed by atoms with Crippen molar-refractivity contribution in [3.8, 4) is 0 Å². The third kappa shape index (κ3) is 3.43. The molecule has 4 heteroatoms. The first kappa shape index (κ1) is 9.84. The molecule has 0 bridgehead atoms. The Morgan fingerprint density at radius 2 is 2.33 bits per heavy atom. The Morgan fingerprint density at radius 3 is 2.92 bits per heavy atom. The monoisotopic (exact) mass is 217 g/mol. The van der Waals surface area contributed by atoms with Gasteiger partial charge in [-0.1, -0.05) is 47.7 Å². The maximum absolute atomic E-state index is 5.79. The van der Waals surface area contributed by atoms with E-state index in [-0.39, 0.29) is 0 Å². The standard InChI is InChI=1S/C8H8ClNS2/c9-7-3-1-2-6(4-7)5-12-8(10)11/h1-4H,5H2,(H2,10,11). The van der Waals surface area contributed by atoms with Gasteiger partial charge in [0.15, 0.2) is 0 Å². The summed E-state index contributed by atoms with van der Waals surface area (Å²) in [6, 6.07) is 7.66. The zero-order chi connectivity index (χ0) is 8.97. The average molecular weight is 218 g/mol. The molecule has 0 fully saturated rings. The van der Waals surface area contributed by atoms with Gasteiger partial charge in [-0.15, -0.1) is 0 Å². The van der Waals surface area contributed by atoms with Crippen LogP contribution in [0.2, 0.25) is 5.02 Å². The molecule has 0 aliphatic heterocycles. The minimum Gasteiger partial charge on any atom is -0.385 e. The summed E-state index contributed by atoms with van der Waals surface area (Å²) in [6.07, 6.45) is 0. The van der Waals surface area contributed by atoms with Gasteiger partial charge in [-0.3, -0.25) is 0 Å². The van der Waals surface area contributed by atoms with E-state index < -0.39 is 0 Å². The molecule has 0 unspecified atom stereocenters. The first-order chi connectivity index (χ1) is 5.68. The van der Waals surface area contributed by atoms with Gasteiger partial charge in [0.2, 0.25) is 0 Å². The van der Waals surface area contributed by atoms with Crippen LogP contribution in [0, 0.1) is 0 Å².